The largest absolute Gasteiger partial charge is 0.0842 e. The Balaban J connectivity index is 0.000000212. The minimum atomic E-state index is 0.415. The van der Waals surface area contributed by atoms with E-state index >= 15 is 0 Å². The van der Waals surface area contributed by atoms with Gasteiger partial charge in [0, 0.05) is 39.7 Å². The fraction of sp³-hybridized carbons (Fsp3) is 0. The Morgan fingerprint density at radius 2 is 0.579 bits per heavy atom. The Kier molecular flexibility index (Phi) is 14.3. The Morgan fingerprint density at radius 3 is 0.895 bits per heavy atom. The van der Waals surface area contributed by atoms with E-state index in [-0.39, 0.29) is 0 Å². The summed E-state index contributed by atoms with van der Waals surface area (Å²) in [6.07, 6.45) is 0. The van der Waals surface area contributed by atoms with Crippen LogP contribution in [-0.2, 0) is 0 Å². The molecule has 200 valence electrons. The van der Waals surface area contributed by atoms with Gasteiger partial charge < -0.3 is 0 Å². The first-order chi connectivity index (χ1) is 17.9. The lowest BCUT2D eigenvalue weighted by atomic mass is 10.4. The van der Waals surface area contributed by atoms with E-state index in [1.165, 1.54) is 21.6 Å². The molecule has 0 aromatic heterocycles. The second kappa shape index (κ2) is 16.1. The van der Waals surface area contributed by atoms with Crippen molar-refractivity contribution < 1.29 is 0 Å². The highest BCUT2D eigenvalue weighted by molar-refractivity contribution is 8.77. The summed E-state index contributed by atoms with van der Waals surface area (Å²) in [6, 6.07) is 17.4. The molecule has 0 heterocycles. The predicted molar refractivity (Wildman–Crippen MR) is 179 cm³/mol. The first-order valence-electron chi connectivity index (χ1n) is 9.81. The molecule has 0 aliphatic heterocycles. The second-order valence-corrected chi connectivity index (χ2v) is 15.6. The van der Waals surface area contributed by atoms with Gasteiger partial charge in [-0.25, -0.2) is 0 Å². The minimum absolute atomic E-state index is 0.415. The quantitative estimate of drug-likeness (QED) is 0.141. The Bertz CT molecular complexity index is 1300. The molecule has 4 aromatic rings. The van der Waals surface area contributed by atoms with Crippen LogP contribution in [0.2, 0.25) is 50.2 Å². The maximum atomic E-state index is 6.11. The number of benzene rings is 4. The molecule has 0 saturated carbocycles. The van der Waals surface area contributed by atoms with Crippen molar-refractivity contribution in [2.75, 3.05) is 0 Å². The lowest BCUT2D eigenvalue weighted by molar-refractivity contribution is 1.46. The van der Waals surface area contributed by atoms with E-state index in [1.54, 1.807) is 58.0 Å². The third kappa shape index (κ3) is 10.8. The minimum Gasteiger partial charge on any atom is -0.0842 e. The average Bonchev–Trinajstić information content (AvgIpc) is 2.81. The van der Waals surface area contributed by atoms with Gasteiger partial charge in [0.15, 0.2) is 0 Å². The molecule has 0 fully saturated rings. The molecule has 0 aliphatic rings. The van der Waals surface area contributed by atoms with E-state index in [9.17, 15) is 0 Å². The van der Waals surface area contributed by atoms with Crippen LogP contribution in [0.5, 0.6) is 0 Å². The first-order valence-corrected chi connectivity index (χ1v) is 17.9. The van der Waals surface area contributed by atoms with Gasteiger partial charge in [0.2, 0.25) is 0 Å². The van der Waals surface area contributed by atoms with Crippen molar-refractivity contribution in [2.45, 2.75) is 19.6 Å². The van der Waals surface area contributed by atoms with Gasteiger partial charge in [-0.3, -0.25) is 0 Å². The summed E-state index contributed by atoms with van der Waals surface area (Å²) in [6.45, 7) is 0. The molecule has 0 aliphatic carbocycles. The first kappa shape index (κ1) is 33.7. The third-order valence-corrected chi connectivity index (χ3v) is 12.0. The molecule has 0 bridgehead atoms. The van der Waals surface area contributed by atoms with E-state index < -0.39 is 0 Å². The standard InChI is InChI=1S/C12H4Cl6S2.C12H6Cl4S2/c13-5-1-9(17)11(3-7(5)15)19-20-12-4-8(16)6(14)2-10(12)18;13-7-1-8(14)4-11(3-7)17-18-12-5-9(15)2-10(16)6-12/h1-4H;1-6H. The SMILES string of the molecule is Clc1cc(Cl)c(SSc2cc(Cl)c(Cl)cc2Cl)cc1Cl.Clc1cc(Cl)cc(SSc2cc(Cl)cc(Cl)c2)c1. The highest BCUT2D eigenvalue weighted by Gasteiger charge is 2.11. The van der Waals surface area contributed by atoms with E-state index in [4.69, 9.17) is 116 Å². The van der Waals surface area contributed by atoms with Crippen LogP contribution in [0.3, 0.4) is 0 Å². The molecule has 0 radical (unpaired) electrons. The molecule has 0 nitrogen and oxygen atoms in total. The number of halogens is 10. The van der Waals surface area contributed by atoms with Gasteiger partial charge in [-0.2, -0.15) is 0 Å². The molecule has 0 unspecified atom stereocenters. The van der Waals surface area contributed by atoms with Crippen molar-refractivity contribution in [3.8, 4) is 0 Å². The number of rotatable bonds is 6. The summed E-state index contributed by atoms with van der Waals surface area (Å²) >= 11 is 59.6. The molecule has 0 saturated heterocycles. The van der Waals surface area contributed by atoms with Gasteiger partial charge in [-0.05, 0) is 60.7 Å². The molecule has 0 N–H and O–H groups in total. The number of hydrogen-bond donors (Lipinski definition) is 0. The summed E-state index contributed by atoms with van der Waals surface area (Å²) < 4.78 is 0. The Morgan fingerprint density at radius 1 is 0.289 bits per heavy atom. The Labute approximate surface area is 286 Å². The zero-order valence-corrected chi connectivity index (χ0v) is 29.0. The molecule has 0 atom stereocenters. The maximum Gasteiger partial charge on any atom is 0.0607 e. The highest BCUT2D eigenvalue weighted by Crippen LogP contribution is 2.46. The summed E-state index contributed by atoms with van der Waals surface area (Å²) in [5.41, 5.74) is 0. The number of hydrogen-bond acceptors (Lipinski definition) is 4. The van der Waals surface area contributed by atoms with Crippen LogP contribution in [0.4, 0.5) is 0 Å². The summed E-state index contributed by atoms with van der Waals surface area (Å²) in [5, 5.41) is 5.24. The van der Waals surface area contributed by atoms with E-state index in [0.29, 0.717) is 50.2 Å². The van der Waals surface area contributed by atoms with Crippen LogP contribution >= 0.6 is 159 Å². The van der Waals surface area contributed by atoms with Crippen molar-refractivity contribution in [3.63, 3.8) is 0 Å². The molecule has 38 heavy (non-hydrogen) atoms. The molecule has 0 spiro atoms. The molecule has 4 aromatic carbocycles. The predicted octanol–water partition coefficient (Wildman–Crippen LogP) is 15.5. The van der Waals surface area contributed by atoms with E-state index in [0.717, 1.165) is 19.6 Å². The summed E-state index contributed by atoms with van der Waals surface area (Å²) in [7, 11) is 5.91. The fourth-order valence-corrected chi connectivity index (χ4v) is 9.72. The molecule has 4 rings (SSSR count). The molecular weight excluding hydrogens is 771 g/mol. The van der Waals surface area contributed by atoms with Crippen molar-refractivity contribution in [2.24, 2.45) is 0 Å². The zero-order valence-electron chi connectivity index (χ0n) is 18.2. The van der Waals surface area contributed by atoms with Crippen molar-refractivity contribution >= 4 is 159 Å². The van der Waals surface area contributed by atoms with Crippen molar-refractivity contribution in [1.82, 2.24) is 0 Å². The van der Waals surface area contributed by atoms with Crippen LogP contribution in [0.1, 0.15) is 0 Å². The van der Waals surface area contributed by atoms with Gasteiger partial charge in [0.1, 0.15) is 0 Å². The van der Waals surface area contributed by atoms with Gasteiger partial charge in [-0.1, -0.05) is 159 Å². The van der Waals surface area contributed by atoms with Gasteiger partial charge >= 0.3 is 0 Å². The van der Waals surface area contributed by atoms with Crippen molar-refractivity contribution in [1.29, 1.82) is 0 Å². The Hall–Kier alpha value is 1.18. The molecule has 0 amide bonds. The van der Waals surface area contributed by atoms with Crippen LogP contribution in [0, 0.1) is 0 Å². The third-order valence-electron chi connectivity index (χ3n) is 4.08. The zero-order chi connectivity index (χ0) is 28.0. The summed E-state index contributed by atoms with van der Waals surface area (Å²) in [5.74, 6) is 0. The van der Waals surface area contributed by atoms with E-state index in [2.05, 4.69) is 0 Å². The van der Waals surface area contributed by atoms with E-state index in [1.807, 2.05) is 24.3 Å². The topological polar surface area (TPSA) is 0 Å². The van der Waals surface area contributed by atoms with Crippen LogP contribution in [0.25, 0.3) is 0 Å². The lowest BCUT2D eigenvalue weighted by Crippen LogP contribution is -1.77. The van der Waals surface area contributed by atoms with Crippen LogP contribution in [0.15, 0.2) is 80.2 Å². The molecular formula is C24H10Cl10S4. The second-order valence-electron chi connectivity index (χ2n) is 6.94. The van der Waals surface area contributed by atoms with Gasteiger partial charge in [0.25, 0.3) is 0 Å². The smallest absolute Gasteiger partial charge is 0.0607 e. The van der Waals surface area contributed by atoms with Crippen molar-refractivity contribution in [3.05, 3.63) is 111 Å². The summed E-state index contributed by atoms with van der Waals surface area (Å²) in [4.78, 5) is 3.53. The maximum absolute atomic E-state index is 6.11. The van der Waals surface area contributed by atoms with Crippen LogP contribution in [-0.4, -0.2) is 0 Å². The fourth-order valence-electron chi connectivity index (χ4n) is 2.48. The van der Waals surface area contributed by atoms with Crippen LogP contribution < -0.4 is 0 Å². The normalized spacial score (nSPS) is 10.8. The van der Waals surface area contributed by atoms with Gasteiger partial charge in [-0.15, -0.1) is 0 Å². The monoisotopic (exact) mass is 776 g/mol. The molecule has 14 heteroatoms. The average molecular weight is 781 g/mol. The highest BCUT2D eigenvalue weighted by atomic mass is 35.5. The lowest BCUT2D eigenvalue weighted by Gasteiger charge is -2.08. The van der Waals surface area contributed by atoms with Gasteiger partial charge in [0.05, 0.1) is 30.1 Å².